The van der Waals surface area contributed by atoms with Crippen LogP contribution >= 0.6 is 0 Å². The molecule has 1 fully saturated rings. The lowest BCUT2D eigenvalue weighted by atomic mass is 9.90. The number of amides is 1. The molecule has 17 heavy (non-hydrogen) atoms. The summed E-state index contributed by atoms with van der Waals surface area (Å²) in [5.74, 6) is 1.54. The van der Waals surface area contributed by atoms with Crippen LogP contribution in [0.3, 0.4) is 0 Å². The van der Waals surface area contributed by atoms with E-state index in [-0.39, 0.29) is 5.91 Å². The third kappa shape index (κ3) is 2.78. The fourth-order valence-electron chi connectivity index (χ4n) is 2.41. The van der Waals surface area contributed by atoms with Crippen molar-refractivity contribution in [2.24, 2.45) is 0 Å². The van der Waals surface area contributed by atoms with Crippen molar-refractivity contribution in [3.63, 3.8) is 0 Å². The zero-order valence-corrected chi connectivity index (χ0v) is 10.5. The number of carbonyl (C=O) groups is 1. The Morgan fingerprint density at radius 3 is 2.65 bits per heavy atom. The molecule has 3 heteroatoms. The number of benzene rings is 1. The topological polar surface area (TPSA) is 29.5 Å². The summed E-state index contributed by atoms with van der Waals surface area (Å²) in [6, 6.07) is 8.18. The van der Waals surface area contributed by atoms with Crippen LogP contribution in [0.1, 0.15) is 31.2 Å². The summed E-state index contributed by atoms with van der Waals surface area (Å²) in [4.78, 5) is 13.3. The second-order valence-electron chi connectivity index (χ2n) is 4.58. The van der Waals surface area contributed by atoms with Crippen molar-refractivity contribution in [2.45, 2.75) is 25.7 Å². The lowest BCUT2D eigenvalue weighted by Crippen LogP contribution is -2.37. The summed E-state index contributed by atoms with van der Waals surface area (Å²) in [6.07, 6.45) is 2.26. The summed E-state index contributed by atoms with van der Waals surface area (Å²) in [5.41, 5.74) is 1.30. The van der Waals surface area contributed by atoms with Gasteiger partial charge in [-0.25, -0.2) is 0 Å². The van der Waals surface area contributed by atoms with Gasteiger partial charge in [0.1, 0.15) is 5.75 Å². The third-order valence-corrected chi connectivity index (χ3v) is 3.45. The Morgan fingerprint density at radius 1 is 1.35 bits per heavy atom. The van der Waals surface area contributed by atoms with E-state index in [1.807, 2.05) is 17.0 Å². The first-order valence-corrected chi connectivity index (χ1v) is 6.10. The minimum atomic E-state index is 0.184. The summed E-state index contributed by atoms with van der Waals surface area (Å²) >= 11 is 0. The molecule has 0 saturated carbocycles. The van der Waals surface area contributed by atoms with Gasteiger partial charge >= 0.3 is 0 Å². The van der Waals surface area contributed by atoms with Crippen LogP contribution in [-0.4, -0.2) is 31.0 Å². The second kappa shape index (κ2) is 5.21. The quantitative estimate of drug-likeness (QED) is 0.785. The molecule has 2 rings (SSSR count). The van der Waals surface area contributed by atoms with Crippen molar-refractivity contribution >= 4 is 5.91 Å². The first-order valence-electron chi connectivity index (χ1n) is 6.10. The predicted molar refractivity (Wildman–Crippen MR) is 67.2 cm³/mol. The van der Waals surface area contributed by atoms with E-state index in [4.69, 9.17) is 4.74 Å². The van der Waals surface area contributed by atoms with E-state index in [0.717, 1.165) is 31.7 Å². The molecule has 0 bridgehead atoms. The molecule has 1 saturated heterocycles. The average molecular weight is 233 g/mol. The number of carbonyl (C=O) groups excluding carboxylic acids is 1. The summed E-state index contributed by atoms with van der Waals surface area (Å²) < 4.78 is 5.15. The molecule has 1 atom stereocenters. The Morgan fingerprint density at radius 2 is 2.06 bits per heavy atom. The minimum Gasteiger partial charge on any atom is -0.497 e. The number of rotatable bonds is 2. The smallest absolute Gasteiger partial charge is 0.219 e. The van der Waals surface area contributed by atoms with Crippen molar-refractivity contribution in [1.29, 1.82) is 0 Å². The number of piperidine rings is 1. The van der Waals surface area contributed by atoms with Gasteiger partial charge in [-0.05, 0) is 30.5 Å². The van der Waals surface area contributed by atoms with Gasteiger partial charge in [0.2, 0.25) is 5.91 Å². The third-order valence-electron chi connectivity index (χ3n) is 3.45. The van der Waals surface area contributed by atoms with Crippen molar-refractivity contribution in [3.8, 4) is 5.75 Å². The number of likely N-dealkylation sites (tertiary alicyclic amines) is 1. The molecule has 0 aromatic heterocycles. The van der Waals surface area contributed by atoms with Crippen LogP contribution in [-0.2, 0) is 4.79 Å². The van der Waals surface area contributed by atoms with Crippen LogP contribution in [0, 0.1) is 0 Å². The summed E-state index contributed by atoms with van der Waals surface area (Å²) in [5, 5.41) is 0. The van der Waals surface area contributed by atoms with Crippen LogP contribution < -0.4 is 4.74 Å². The summed E-state index contributed by atoms with van der Waals surface area (Å²) in [7, 11) is 1.67. The highest BCUT2D eigenvalue weighted by atomic mass is 16.5. The Hall–Kier alpha value is -1.51. The molecular weight excluding hydrogens is 214 g/mol. The number of nitrogens with zero attached hydrogens (tertiary/aromatic N) is 1. The van der Waals surface area contributed by atoms with E-state index in [1.54, 1.807) is 14.0 Å². The van der Waals surface area contributed by atoms with Gasteiger partial charge in [0.15, 0.2) is 0 Å². The normalized spacial score (nSPS) is 20.1. The maximum atomic E-state index is 11.4. The molecule has 1 heterocycles. The standard InChI is InChI=1S/C14H19NO2/c1-11(16)15-9-3-4-13(10-15)12-5-7-14(17-2)8-6-12/h5-8,13H,3-4,9-10H2,1-2H3/t13-/m1/s1. The van der Waals surface area contributed by atoms with Crippen LogP contribution in [0.15, 0.2) is 24.3 Å². The number of hydrogen-bond acceptors (Lipinski definition) is 2. The van der Waals surface area contributed by atoms with E-state index in [9.17, 15) is 4.79 Å². The van der Waals surface area contributed by atoms with Crippen molar-refractivity contribution < 1.29 is 9.53 Å². The van der Waals surface area contributed by atoms with Gasteiger partial charge in [-0.15, -0.1) is 0 Å². The van der Waals surface area contributed by atoms with Gasteiger partial charge in [0.05, 0.1) is 7.11 Å². The van der Waals surface area contributed by atoms with Gasteiger partial charge in [-0.3, -0.25) is 4.79 Å². The van der Waals surface area contributed by atoms with Crippen molar-refractivity contribution in [2.75, 3.05) is 20.2 Å². The molecule has 0 spiro atoms. The number of hydrogen-bond donors (Lipinski definition) is 0. The number of ether oxygens (including phenoxy) is 1. The van der Waals surface area contributed by atoms with Crippen molar-refractivity contribution in [1.82, 2.24) is 4.90 Å². The highest BCUT2D eigenvalue weighted by Crippen LogP contribution is 2.28. The molecule has 1 aliphatic rings. The molecule has 0 aliphatic carbocycles. The van der Waals surface area contributed by atoms with Crippen LogP contribution in [0.4, 0.5) is 0 Å². The molecule has 1 amide bonds. The van der Waals surface area contributed by atoms with E-state index < -0.39 is 0 Å². The first kappa shape index (κ1) is 12.0. The fraction of sp³-hybridized carbons (Fsp3) is 0.500. The minimum absolute atomic E-state index is 0.184. The summed E-state index contributed by atoms with van der Waals surface area (Å²) in [6.45, 7) is 3.40. The highest BCUT2D eigenvalue weighted by Gasteiger charge is 2.22. The van der Waals surface area contributed by atoms with Gasteiger partial charge in [0.25, 0.3) is 0 Å². The van der Waals surface area contributed by atoms with E-state index in [0.29, 0.717) is 5.92 Å². The first-order chi connectivity index (χ1) is 8.20. The Labute approximate surface area is 102 Å². The molecule has 0 N–H and O–H groups in total. The van der Waals surface area contributed by atoms with Gasteiger partial charge < -0.3 is 9.64 Å². The highest BCUT2D eigenvalue weighted by molar-refractivity contribution is 5.73. The molecule has 1 aliphatic heterocycles. The van der Waals surface area contributed by atoms with E-state index in [2.05, 4.69) is 12.1 Å². The Balaban J connectivity index is 2.08. The molecule has 3 nitrogen and oxygen atoms in total. The fourth-order valence-corrected chi connectivity index (χ4v) is 2.41. The Kier molecular flexibility index (Phi) is 3.67. The molecule has 0 radical (unpaired) electrons. The Bertz CT molecular complexity index is 386. The van der Waals surface area contributed by atoms with Gasteiger partial charge in [-0.1, -0.05) is 12.1 Å². The van der Waals surface area contributed by atoms with Gasteiger partial charge in [0, 0.05) is 25.9 Å². The maximum Gasteiger partial charge on any atom is 0.219 e. The second-order valence-corrected chi connectivity index (χ2v) is 4.58. The average Bonchev–Trinajstić information content (AvgIpc) is 2.39. The monoisotopic (exact) mass is 233 g/mol. The van der Waals surface area contributed by atoms with Crippen LogP contribution in [0.2, 0.25) is 0 Å². The largest absolute Gasteiger partial charge is 0.497 e. The van der Waals surface area contributed by atoms with E-state index in [1.165, 1.54) is 5.56 Å². The maximum absolute atomic E-state index is 11.4. The zero-order chi connectivity index (χ0) is 12.3. The van der Waals surface area contributed by atoms with Crippen LogP contribution in [0.5, 0.6) is 5.75 Å². The van der Waals surface area contributed by atoms with Gasteiger partial charge in [-0.2, -0.15) is 0 Å². The predicted octanol–water partition coefficient (Wildman–Crippen LogP) is 2.42. The molecule has 92 valence electrons. The lowest BCUT2D eigenvalue weighted by Gasteiger charge is -2.32. The SMILES string of the molecule is COc1ccc([C@@H]2CCCN(C(C)=O)C2)cc1. The zero-order valence-electron chi connectivity index (χ0n) is 10.5. The number of methoxy groups -OCH3 is 1. The lowest BCUT2D eigenvalue weighted by molar-refractivity contribution is -0.130. The van der Waals surface area contributed by atoms with E-state index >= 15 is 0 Å². The molecule has 0 unspecified atom stereocenters. The molecule has 1 aromatic carbocycles. The van der Waals surface area contributed by atoms with Crippen molar-refractivity contribution in [3.05, 3.63) is 29.8 Å². The molecular formula is C14H19NO2. The molecule has 1 aromatic rings. The van der Waals surface area contributed by atoms with Crippen LogP contribution in [0.25, 0.3) is 0 Å².